The first-order valence-corrected chi connectivity index (χ1v) is 7.86. The van der Waals surface area contributed by atoms with Gasteiger partial charge in [-0.2, -0.15) is 9.40 Å². The number of aromatic nitrogens is 2. The second-order valence-electron chi connectivity index (χ2n) is 4.63. The minimum Gasteiger partial charge on any atom is -0.266 e. The van der Waals surface area contributed by atoms with Gasteiger partial charge in [0.15, 0.2) is 5.03 Å². The minimum atomic E-state index is -3.45. The molecule has 0 saturated heterocycles. The van der Waals surface area contributed by atoms with Crippen molar-refractivity contribution in [2.45, 2.75) is 11.4 Å². The van der Waals surface area contributed by atoms with E-state index in [0.717, 1.165) is 12.0 Å². The standard InChI is InChI=1S/C14H15N3O2S/c18-20(19,14-6-9-15-16-14)17-10-7-13(8-11-17)12-4-2-1-3-5-12/h1-7,9H,8,10-11H2,(H,15,16). The van der Waals surface area contributed by atoms with Crippen molar-refractivity contribution in [2.75, 3.05) is 13.1 Å². The van der Waals surface area contributed by atoms with E-state index in [9.17, 15) is 8.42 Å². The van der Waals surface area contributed by atoms with E-state index >= 15 is 0 Å². The van der Waals surface area contributed by atoms with Crippen LogP contribution in [0.5, 0.6) is 0 Å². The number of rotatable bonds is 3. The summed E-state index contributed by atoms with van der Waals surface area (Å²) in [6, 6.07) is 11.5. The number of sulfonamides is 1. The second kappa shape index (κ2) is 5.22. The van der Waals surface area contributed by atoms with Crippen molar-refractivity contribution in [3.05, 3.63) is 54.2 Å². The van der Waals surface area contributed by atoms with Crippen LogP contribution in [0, 0.1) is 0 Å². The fourth-order valence-corrected chi connectivity index (χ4v) is 3.59. The van der Waals surface area contributed by atoms with Crippen LogP contribution in [-0.4, -0.2) is 36.0 Å². The highest BCUT2D eigenvalue weighted by molar-refractivity contribution is 7.89. The predicted molar refractivity (Wildman–Crippen MR) is 76.4 cm³/mol. The summed E-state index contributed by atoms with van der Waals surface area (Å²) in [5, 5.41) is 6.36. The molecule has 0 amide bonds. The van der Waals surface area contributed by atoms with Gasteiger partial charge in [-0.3, -0.25) is 5.10 Å². The SMILES string of the molecule is O=S(=O)(c1ccn[nH]1)N1CC=C(c2ccccc2)CC1. The first-order valence-electron chi connectivity index (χ1n) is 6.42. The van der Waals surface area contributed by atoms with Crippen LogP contribution < -0.4 is 0 Å². The molecule has 0 aliphatic carbocycles. The molecule has 6 heteroatoms. The number of H-pyrrole nitrogens is 1. The average Bonchev–Trinajstić information content (AvgIpc) is 3.03. The molecule has 1 aliphatic rings. The molecule has 0 saturated carbocycles. The third kappa shape index (κ3) is 2.39. The van der Waals surface area contributed by atoms with Gasteiger partial charge in [0, 0.05) is 13.1 Å². The summed E-state index contributed by atoms with van der Waals surface area (Å²) >= 11 is 0. The molecule has 0 fully saturated rings. The van der Waals surface area contributed by atoms with Gasteiger partial charge < -0.3 is 0 Å². The molecule has 5 nitrogen and oxygen atoms in total. The van der Waals surface area contributed by atoms with Gasteiger partial charge in [-0.25, -0.2) is 8.42 Å². The Morgan fingerprint density at radius 2 is 1.95 bits per heavy atom. The maximum Gasteiger partial charge on any atom is 0.260 e. The lowest BCUT2D eigenvalue weighted by Gasteiger charge is -2.25. The van der Waals surface area contributed by atoms with Gasteiger partial charge in [-0.15, -0.1) is 0 Å². The van der Waals surface area contributed by atoms with Crippen LogP contribution in [0.15, 0.2) is 53.7 Å². The van der Waals surface area contributed by atoms with E-state index in [2.05, 4.69) is 10.2 Å². The van der Waals surface area contributed by atoms with Crippen LogP contribution in [0.25, 0.3) is 5.57 Å². The van der Waals surface area contributed by atoms with Crippen molar-refractivity contribution >= 4 is 15.6 Å². The smallest absolute Gasteiger partial charge is 0.260 e. The Hall–Kier alpha value is -1.92. The number of nitrogens with zero attached hydrogens (tertiary/aromatic N) is 2. The first kappa shape index (κ1) is 13.1. The Balaban J connectivity index is 1.80. The van der Waals surface area contributed by atoms with E-state index in [1.165, 1.54) is 22.1 Å². The summed E-state index contributed by atoms with van der Waals surface area (Å²) in [6.07, 6.45) is 4.15. The van der Waals surface area contributed by atoms with Crippen LogP contribution in [-0.2, 0) is 10.0 Å². The lowest BCUT2D eigenvalue weighted by atomic mass is 10.0. The molecule has 0 radical (unpaired) electrons. The van der Waals surface area contributed by atoms with Gasteiger partial charge in [0.1, 0.15) is 0 Å². The van der Waals surface area contributed by atoms with Gasteiger partial charge in [0.25, 0.3) is 10.0 Å². The predicted octanol–water partition coefficient (Wildman–Crippen LogP) is 1.89. The summed E-state index contributed by atoms with van der Waals surface area (Å²) in [4.78, 5) is 0. The molecular formula is C14H15N3O2S. The van der Waals surface area contributed by atoms with Crippen LogP contribution in [0.1, 0.15) is 12.0 Å². The quantitative estimate of drug-likeness (QED) is 0.938. The molecule has 104 valence electrons. The fourth-order valence-electron chi connectivity index (χ4n) is 2.31. The van der Waals surface area contributed by atoms with Crippen molar-refractivity contribution < 1.29 is 8.42 Å². The second-order valence-corrected chi connectivity index (χ2v) is 6.54. The fraction of sp³-hybridized carbons (Fsp3) is 0.214. The van der Waals surface area contributed by atoms with Crippen molar-refractivity contribution in [2.24, 2.45) is 0 Å². The first-order chi connectivity index (χ1) is 9.68. The van der Waals surface area contributed by atoms with Crippen molar-refractivity contribution in [3.8, 4) is 0 Å². The summed E-state index contributed by atoms with van der Waals surface area (Å²) < 4.78 is 26.1. The average molecular weight is 289 g/mol. The van der Waals surface area contributed by atoms with E-state index < -0.39 is 10.0 Å². The number of aromatic amines is 1. The van der Waals surface area contributed by atoms with Gasteiger partial charge in [0.05, 0.1) is 6.20 Å². The molecule has 2 aromatic rings. The van der Waals surface area contributed by atoms with Gasteiger partial charge >= 0.3 is 0 Å². The summed E-state index contributed by atoms with van der Waals surface area (Å²) in [6.45, 7) is 0.883. The maximum absolute atomic E-state index is 12.3. The molecule has 1 aliphatic heterocycles. The third-order valence-electron chi connectivity index (χ3n) is 3.41. The van der Waals surface area contributed by atoms with E-state index in [1.54, 1.807) is 0 Å². The third-order valence-corrected chi connectivity index (χ3v) is 5.20. The molecule has 0 atom stereocenters. The zero-order valence-corrected chi connectivity index (χ0v) is 11.7. The lowest BCUT2D eigenvalue weighted by molar-refractivity contribution is 0.438. The summed E-state index contributed by atoms with van der Waals surface area (Å²) in [5.41, 5.74) is 2.35. The van der Waals surface area contributed by atoms with E-state index in [4.69, 9.17) is 0 Å². The van der Waals surface area contributed by atoms with Crippen molar-refractivity contribution in [3.63, 3.8) is 0 Å². The highest BCUT2D eigenvalue weighted by Crippen LogP contribution is 2.25. The zero-order chi connectivity index (χ0) is 14.0. The number of hydrogen-bond acceptors (Lipinski definition) is 3. The van der Waals surface area contributed by atoms with Gasteiger partial charge in [0.2, 0.25) is 0 Å². The molecule has 1 aromatic heterocycles. The number of nitrogens with one attached hydrogen (secondary N) is 1. The zero-order valence-electron chi connectivity index (χ0n) is 10.9. The molecule has 0 spiro atoms. The Labute approximate surface area is 118 Å². The van der Waals surface area contributed by atoms with E-state index in [1.807, 2.05) is 36.4 Å². The Bertz CT molecular complexity index is 706. The molecule has 3 rings (SSSR count). The lowest BCUT2D eigenvalue weighted by Crippen LogP contribution is -2.34. The minimum absolute atomic E-state index is 0.147. The normalized spacial score (nSPS) is 16.9. The molecule has 1 aromatic carbocycles. The Morgan fingerprint density at radius 1 is 1.15 bits per heavy atom. The maximum atomic E-state index is 12.3. The Kier molecular flexibility index (Phi) is 3.42. The largest absolute Gasteiger partial charge is 0.266 e. The molecule has 0 unspecified atom stereocenters. The van der Waals surface area contributed by atoms with Crippen LogP contribution in [0.4, 0.5) is 0 Å². The van der Waals surface area contributed by atoms with E-state index in [0.29, 0.717) is 13.1 Å². The van der Waals surface area contributed by atoms with Gasteiger partial charge in [-0.1, -0.05) is 36.4 Å². The van der Waals surface area contributed by atoms with Gasteiger partial charge in [-0.05, 0) is 23.6 Å². The number of benzene rings is 1. The highest BCUT2D eigenvalue weighted by atomic mass is 32.2. The molecule has 2 heterocycles. The monoisotopic (exact) mass is 289 g/mol. The van der Waals surface area contributed by atoms with Crippen LogP contribution in [0.3, 0.4) is 0 Å². The molecule has 1 N–H and O–H groups in total. The van der Waals surface area contributed by atoms with Crippen molar-refractivity contribution in [1.29, 1.82) is 0 Å². The molecule has 20 heavy (non-hydrogen) atoms. The summed E-state index contributed by atoms with van der Waals surface area (Å²) in [5.74, 6) is 0. The molecular weight excluding hydrogens is 274 g/mol. The number of hydrogen-bond donors (Lipinski definition) is 1. The Morgan fingerprint density at radius 3 is 2.55 bits per heavy atom. The topological polar surface area (TPSA) is 66.1 Å². The van der Waals surface area contributed by atoms with Crippen molar-refractivity contribution in [1.82, 2.24) is 14.5 Å². The summed E-state index contributed by atoms with van der Waals surface area (Å²) in [7, 11) is -3.45. The highest BCUT2D eigenvalue weighted by Gasteiger charge is 2.27. The van der Waals surface area contributed by atoms with Crippen LogP contribution in [0.2, 0.25) is 0 Å². The van der Waals surface area contributed by atoms with E-state index in [-0.39, 0.29) is 5.03 Å². The van der Waals surface area contributed by atoms with Crippen LogP contribution >= 0.6 is 0 Å². The molecule has 0 bridgehead atoms.